The van der Waals surface area contributed by atoms with E-state index in [1.54, 1.807) is 19.9 Å². The summed E-state index contributed by atoms with van der Waals surface area (Å²) in [6.07, 6.45) is 1.32. The number of nitro groups is 1. The fourth-order valence-corrected chi connectivity index (χ4v) is 1.86. The SMILES string of the molecule is CC(C)Oc1nccc(NCc2ccccc2)c1[N+](=O)[O-]. The summed E-state index contributed by atoms with van der Waals surface area (Å²) in [5, 5.41) is 14.3. The number of aromatic nitrogens is 1. The standard InChI is InChI=1S/C15H17N3O3/c1-11(2)21-15-14(18(19)20)13(8-9-16-15)17-10-12-6-4-3-5-7-12/h3-9,11H,10H2,1-2H3,(H,16,17). The van der Waals surface area contributed by atoms with Crippen LogP contribution >= 0.6 is 0 Å². The third-order valence-electron chi connectivity index (χ3n) is 2.75. The van der Waals surface area contributed by atoms with Crippen LogP contribution in [0.5, 0.6) is 5.88 Å². The van der Waals surface area contributed by atoms with E-state index in [4.69, 9.17) is 4.74 Å². The molecular weight excluding hydrogens is 270 g/mol. The Morgan fingerprint density at radius 1 is 1.29 bits per heavy atom. The van der Waals surface area contributed by atoms with Gasteiger partial charge in [0.15, 0.2) is 0 Å². The van der Waals surface area contributed by atoms with Gasteiger partial charge in [-0.1, -0.05) is 30.3 Å². The molecule has 0 aliphatic carbocycles. The molecule has 1 N–H and O–H groups in total. The van der Waals surface area contributed by atoms with Crippen molar-refractivity contribution in [3.8, 4) is 5.88 Å². The average Bonchev–Trinajstić information content (AvgIpc) is 2.45. The van der Waals surface area contributed by atoms with Gasteiger partial charge in [0, 0.05) is 12.7 Å². The maximum absolute atomic E-state index is 11.3. The number of nitrogens with zero attached hydrogens (tertiary/aromatic N) is 2. The first-order valence-electron chi connectivity index (χ1n) is 6.65. The highest BCUT2D eigenvalue weighted by molar-refractivity contribution is 5.66. The van der Waals surface area contributed by atoms with Crippen molar-refractivity contribution in [2.24, 2.45) is 0 Å². The lowest BCUT2D eigenvalue weighted by Gasteiger charge is -2.12. The Kier molecular flexibility index (Phi) is 4.71. The monoisotopic (exact) mass is 287 g/mol. The van der Waals surface area contributed by atoms with E-state index in [-0.39, 0.29) is 17.7 Å². The van der Waals surface area contributed by atoms with E-state index in [1.165, 1.54) is 6.20 Å². The topological polar surface area (TPSA) is 77.3 Å². The Labute approximate surface area is 122 Å². The number of benzene rings is 1. The van der Waals surface area contributed by atoms with Crippen LogP contribution in [-0.2, 0) is 6.54 Å². The number of rotatable bonds is 6. The molecule has 0 amide bonds. The molecule has 1 aromatic heterocycles. The van der Waals surface area contributed by atoms with Crippen LogP contribution in [0.3, 0.4) is 0 Å². The third-order valence-corrected chi connectivity index (χ3v) is 2.75. The first-order chi connectivity index (χ1) is 10.1. The maximum atomic E-state index is 11.3. The minimum absolute atomic E-state index is 0.0352. The minimum atomic E-state index is -0.474. The Bertz CT molecular complexity index is 615. The summed E-state index contributed by atoms with van der Waals surface area (Å²) in [7, 11) is 0. The second kappa shape index (κ2) is 6.69. The number of anilines is 1. The van der Waals surface area contributed by atoms with E-state index < -0.39 is 4.92 Å². The molecule has 0 bridgehead atoms. The second-order valence-corrected chi connectivity index (χ2v) is 4.78. The van der Waals surface area contributed by atoms with E-state index in [1.807, 2.05) is 30.3 Å². The van der Waals surface area contributed by atoms with E-state index in [2.05, 4.69) is 10.3 Å². The molecule has 0 radical (unpaired) electrons. The summed E-state index contributed by atoms with van der Waals surface area (Å²) in [4.78, 5) is 14.8. The second-order valence-electron chi connectivity index (χ2n) is 4.78. The highest BCUT2D eigenvalue weighted by Gasteiger charge is 2.23. The van der Waals surface area contributed by atoms with Crippen LogP contribution in [0, 0.1) is 10.1 Å². The van der Waals surface area contributed by atoms with Crippen LogP contribution in [0.4, 0.5) is 11.4 Å². The van der Waals surface area contributed by atoms with Gasteiger partial charge in [0.1, 0.15) is 5.69 Å². The zero-order chi connectivity index (χ0) is 15.2. The summed E-state index contributed by atoms with van der Waals surface area (Å²) >= 11 is 0. The molecule has 0 spiro atoms. The molecule has 6 nitrogen and oxygen atoms in total. The number of hydrogen-bond acceptors (Lipinski definition) is 5. The number of pyridine rings is 1. The molecule has 0 aliphatic heterocycles. The molecular formula is C15H17N3O3. The Balaban J connectivity index is 2.24. The minimum Gasteiger partial charge on any atom is -0.470 e. The number of ether oxygens (including phenoxy) is 1. The van der Waals surface area contributed by atoms with Gasteiger partial charge in [-0.2, -0.15) is 0 Å². The van der Waals surface area contributed by atoms with Crippen LogP contribution < -0.4 is 10.1 Å². The molecule has 2 rings (SSSR count). The zero-order valence-corrected chi connectivity index (χ0v) is 11.9. The summed E-state index contributed by atoms with van der Waals surface area (Å²) < 4.78 is 5.41. The fourth-order valence-electron chi connectivity index (χ4n) is 1.86. The van der Waals surface area contributed by atoms with Crippen molar-refractivity contribution >= 4 is 11.4 Å². The molecule has 0 atom stereocenters. The van der Waals surface area contributed by atoms with Crippen LogP contribution in [0.15, 0.2) is 42.6 Å². The summed E-state index contributed by atoms with van der Waals surface area (Å²) in [6, 6.07) is 11.2. The zero-order valence-electron chi connectivity index (χ0n) is 11.9. The lowest BCUT2D eigenvalue weighted by Crippen LogP contribution is -2.10. The van der Waals surface area contributed by atoms with Crippen molar-refractivity contribution in [2.75, 3.05) is 5.32 Å². The molecule has 1 aromatic carbocycles. The van der Waals surface area contributed by atoms with Crippen molar-refractivity contribution in [2.45, 2.75) is 26.5 Å². The number of nitrogens with one attached hydrogen (secondary N) is 1. The Morgan fingerprint density at radius 3 is 2.62 bits per heavy atom. The molecule has 0 aliphatic rings. The van der Waals surface area contributed by atoms with Crippen molar-refractivity contribution in [3.63, 3.8) is 0 Å². The number of hydrogen-bond donors (Lipinski definition) is 1. The van der Waals surface area contributed by atoms with Gasteiger partial charge in [-0.15, -0.1) is 0 Å². The van der Waals surface area contributed by atoms with E-state index in [9.17, 15) is 10.1 Å². The normalized spacial score (nSPS) is 10.4. The smallest absolute Gasteiger partial charge is 0.353 e. The first kappa shape index (κ1) is 14.8. The third kappa shape index (κ3) is 3.92. The molecule has 0 saturated carbocycles. The molecule has 1 heterocycles. The lowest BCUT2D eigenvalue weighted by molar-refractivity contribution is -0.385. The molecule has 6 heteroatoms. The molecule has 0 fully saturated rings. The summed E-state index contributed by atoms with van der Waals surface area (Å²) in [6.45, 7) is 4.10. The highest BCUT2D eigenvalue weighted by Crippen LogP contribution is 2.33. The maximum Gasteiger partial charge on any atom is 0.353 e. The molecule has 21 heavy (non-hydrogen) atoms. The molecule has 2 aromatic rings. The predicted molar refractivity (Wildman–Crippen MR) is 80.4 cm³/mol. The molecule has 0 saturated heterocycles. The summed E-state index contributed by atoms with van der Waals surface area (Å²) in [5.74, 6) is 0.0352. The van der Waals surface area contributed by atoms with Gasteiger partial charge in [-0.25, -0.2) is 4.98 Å². The van der Waals surface area contributed by atoms with Crippen molar-refractivity contribution in [1.29, 1.82) is 0 Å². The van der Waals surface area contributed by atoms with Gasteiger partial charge in [0.2, 0.25) is 0 Å². The van der Waals surface area contributed by atoms with Crippen LogP contribution in [0.25, 0.3) is 0 Å². The first-order valence-corrected chi connectivity index (χ1v) is 6.65. The quantitative estimate of drug-likeness (QED) is 0.651. The van der Waals surface area contributed by atoms with E-state index in [0.717, 1.165) is 5.56 Å². The van der Waals surface area contributed by atoms with Crippen molar-refractivity contribution in [3.05, 3.63) is 58.3 Å². The summed E-state index contributed by atoms with van der Waals surface area (Å²) in [5.41, 5.74) is 1.30. The van der Waals surface area contributed by atoms with Gasteiger partial charge in [-0.05, 0) is 25.5 Å². The van der Waals surface area contributed by atoms with E-state index >= 15 is 0 Å². The Morgan fingerprint density at radius 2 is 2.00 bits per heavy atom. The van der Waals surface area contributed by atoms with E-state index in [0.29, 0.717) is 12.2 Å². The van der Waals surface area contributed by atoms with Crippen molar-refractivity contribution < 1.29 is 9.66 Å². The molecule has 110 valence electrons. The van der Waals surface area contributed by atoms with Crippen LogP contribution in [0.2, 0.25) is 0 Å². The van der Waals surface area contributed by atoms with Crippen LogP contribution in [0.1, 0.15) is 19.4 Å². The molecule has 0 unspecified atom stereocenters. The average molecular weight is 287 g/mol. The van der Waals surface area contributed by atoms with Gasteiger partial charge < -0.3 is 10.1 Å². The van der Waals surface area contributed by atoms with Gasteiger partial charge >= 0.3 is 5.69 Å². The van der Waals surface area contributed by atoms with Crippen molar-refractivity contribution in [1.82, 2.24) is 4.98 Å². The van der Waals surface area contributed by atoms with Crippen LogP contribution in [-0.4, -0.2) is 16.0 Å². The van der Waals surface area contributed by atoms with Gasteiger partial charge in [0.05, 0.1) is 11.0 Å². The Hall–Kier alpha value is -2.63. The largest absolute Gasteiger partial charge is 0.470 e. The lowest BCUT2D eigenvalue weighted by atomic mass is 10.2. The highest BCUT2D eigenvalue weighted by atomic mass is 16.6. The predicted octanol–water partition coefficient (Wildman–Crippen LogP) is 3.39. The fraction of sp³-hybridized carbons (Fsp3) is 0.267. The van der Waals surface area contributed by atoms with Gasteiger partial charge in [-0.3, -0.25) is 10.1 Å². The van der Waals surface area contributed by atoms with Gasteiger partial charge in [0.25, 0.3) is 5.88 Å².